The van der Waals surface area contributed by atoms with Gasteiger partial charge in [-0.25, -0.2) is 0 Å². The Balaban J connectivity index is 2.49. The molecule has 0 aliphatic rings. The molecule has 0 amide bonds. The van der Waals surface area contributed by atoms with Crippen LogP contribution in [0.1, 0.15) is 18.9 Å². The van der Waals surface area contributed by atoms with E-state index in [1.54, 1.807) is 0 Å². The Bertz CT molecular complexity index is 560. The van der Waals surface area contributed by atoms with Crippen LogP contribution in [0, 0.1) is 0 Å². The molecule has 17 heavy (non-hydrogen) atoms. The van der Waals surface area contributed by atoms with Gasteiger partial charge < -0.3 is 5.32 Å². The molecule has 0 aliphatic heterocycles. The number of benzene rings is 1. The molecule has 2 rings (SSSR count). The third-order valence-electron chi connectivity index (χ3n) is 2.75. The fraction of sp³-hybridized carbons (Fsp3) is 0.286. The second-order valence-corrected chi connectivity index (χ2v) is 3.90. The summed E-state index contributed by atoms with van der Waals surface area (Å²) in [5, 5.41) is 11.5. The normalized spacial score (nSPS) is 10.2. The summed E-state index contributed by atoms with van der Waals surface area (Å²) in [7, 11) is 1.96. The molecule has 3 heteroatoms. The molecule has 0 fully saturated rings. The summed E-state index contributed by atoms with van der Waals surface area (Å²) in [4.78, 5) is 0. The lowest BCUT2D eigenvalue weighted by atomic mass is 10.0. The van der Waals surface area contributed by atoms with Crippen molar-refractivity contribution in [3.8, 4) is 0 Å². The van der Waals surface area contributed by atoms with Gasteiger partial charge in [0.2, 0.25) is 0 Å². The summed E-state index contributed by atoms with van der Waals surface area (Å²) in [6.07, 6.45) is 4.77. The Morgan fingerprint density at radius 3 is 3.18 bits per heavy atom. The zero-order valence-electron chi connectivity index (χ0n) is 10.2. The number of aromatic nitrogens is 2. The molecule has 0 saturated heterocycles. The molecule has 0 spiro atoms. The average Bonchev–Trinajstić information content (AvgIpc) is 2.82. The van der Waals surface area contributed by atoms with Crippen molar-refractivity contribution >= 4 is 16.5 Å². The van der Waals surface area contributed by atoms with Crippen molar-refractivity contribution in [1.82, 2.24) is 15.5 Å². The third kappa shape index (κ3) is 2.47. The topological polar surface area (TPSA) is 40.7 Å². The van der Waals surface area contributed by atoms with Crippen molar-refractivity contribution in [3.63, 3.8) is 0 Å². The van der Waals surface area contributed by atoms with E-state index in [9.17, 15) is 0 Å². The maximum atomic E-state index is 4.09. The highest BCUT2D eigenvalue weighted by Crippen LogP contribution is 2.24. The van der Waals surface area contributed by atoms with Crippen LogP contribution in [-0.4, -0.2) is 23.8 Å². The molecule has 1 aromatic heterocycles. The third-order valence-corrected chi connectivity index (χ3v) is 2.75. The molecule has 1 aromatic carbocycles. The van der Waals surface area contributed by atoms with Gasteiger partial charge in [0.1, 0.15) is 0 Å². The van der Waals surface area contributed by atoms with Gasteiger partial charge in [0, 0.05) is 16.5 Å². The van der Waals surface area contributed by atoms with Crippen molar-refractivity contribution in [2.75, 3.05) is 13.6 Å². The molecule has 0 radical (unpaired) electrons. The van der Waals surface area contributed by atoms with Crippen LogP contribution in [-0.2, 0) is 0 Å². The Morgan fingerprint density at radius 2 is 2.41 bits per heavy atom. The van der Waals surface area contributed by atoms with E-state index in [1.165, 1.54) is 11.1 Å². The zero-order chi connectivity index (χ0) is 12.1. The number of H-pyrrole nitrogens is 1. The second-order valence-electron chi connectivity index (χ2n) is 3.90. The van der Waals surface area contributed by atoms with Gasteiger partial charge in [-0.3, -0.25) is 5.10 Å². The minimum absolute atomic E-state index is 0.945. The predicted molar refractivity (Wildman–Crippen MR) is 71.8 cm³/mol. The van der Waals surface area contributed by atoms with Crippen LogP contribution in [0.5, 0.6) is 0 Å². The van der Waals surface area contributed by atoms with E-state index >= 15 is 0 Å². The molecule has 2 N–H and O–H groups in total. The summed E-state index contributed by atoms with van der Waals surface area (Å²) < 4.78 is 0. The number of rotatable bonds is 4. The smallest absolute Gasteiger partial charge is 0.0731 e. The second kappa shape index (κ2) is 5.48. The fourth-order valence-electron chi connectivity index (χ4n) is 1.93. The van der Waals surface area contributed by atoms with E-state index in [4.69, 9.17) is 0 Å². The van der Waals surface area contributed by atoms with Gasteiger partial charge in [0.25, 0.3) is 0 Å². The van der Waals surface area contributed by atoms with Crippen molar-refractivity contribution in [1.29, 1.82) is 0 Å². The monoisotopic (exact) mass is 227 g/mol. The molecule has 88 valence electrons. The first-order chi connectivity index (χ1) is 8.36. The van der Waals surface area contributed by atoms with Crippen LogP contribution in [0.25, 0.3) is 16.5 Å². The van der Waals surface area contributed by atoms with Gasteiger partial charge in [-0.05, 0) is 33.0 Å². The molecule has 0 saturated carbocycles. The fourth-order valence-corrected chi connectivity index (χ4v) is 1.93. The quantitative estimate of drug-likeness (QED) is 0.788. The Labute approximate surface area is 101 Å². The number of hydrogen-bond acceptors (Lipinski definition) is 2. The highest BCUT2D eigenvalue weighted by Gasteiger charge is 2.06. The number of para-hydroxylation sites is 1. The van der Waals surface area contributed by atoms with E-state index in [0.717, 1.165) is 23.9 Å². The molecule has 0 aliphatic carbocycles. The Kier molecular flexibility index (Phi) is 3.76. The van der Waals surface area contributed by atoms with E-state index in [0.29, 0.717) is 0 Å². The van der Waals surface area contributed by atoms with Crippen molar-refractivity contribution in [2.45, 2.75) is 13.3 Å². The molecule has 0 bridgehead atoms. The summed E-state index contributed by atoms with van der Waals surface area (Å²) >= 11 is 0. The largest absolute Gasteiger partial charge is 0.319 e. The molecule has 1 heterocycles. The van der Waals surface area contributed by atoms with Crippen molar-refractivity contribution < 1.29 is 0 Å². The lowest BCUT2D eigenvalue weighted by Gasteiger charge is -2.06. The predicted octanol–water partition coefficient (Wildman–Crippen LogP) is 2.73. The number of nitrogens with zero attached hydrogens (tertiary/aromatic N) is 1. The van der Waals surface area contributed by atoms with Crippen LogP contribution in [0.4, 0.5) is 0 Å². The lowest BCUT2D eigenvalue weighted by molar-refractivity contribution is 0.816. The maximum Gasteiger partial charge on any atom is 0.0731 e. The summed E-state index contributed by atoms with van der Waals surface area (Å²) in [5.74, 6) is 0. The van der Waals surface area contributed by atoms with Crippen molar-refractivity contribution in [3.05, 3.63) is 41.8 Å². The Hall–Kier alpha value is -1.83. The first-order valence-electron chi connectivity index (χ1n) is 5.84. The van der Waals surface area contributed by atoms with Gasteiger partial charge in [0.15, 0.2) is 0 Å². The maximum absolute atomic E-state index is 4.09. The van der Waals surface area contributed by atoms with Gasteiger partial charge in [0.05, 0.1) is 11.7 Å². The van der Waals surface area contributed by atoms with Gasteiger partial charge in [-0.2, -0.15) is 5.10 Å². The molecule has 3 nitrogen and oxygen atoms in total. The van der Waals surface area contributed by atoms with Crippen LogP contribution in [0.2, 0.25) is 0 Å². The molecular formula is C14H17N3. The molecule has 0 atom stereocenters. The first kappa shape index (κ1) is 11.6. The van der Waals surface area contributed by atoms with Gasteiger partial charge >= 0.3 is 0 Å². The van der Waals surface area contributed by atoms with E-state index < -0.39 is 0 Å². The van der Waals surface area contributed by atoms with Gasteiger partial charge in [-0.15, -0.1) is 5.73 Å². The van der Waals surface area contributed by atoms with E-state index in [2.05, 4.69) is 39.4 Å². The molecular weight excluding hydrogens is 210 g/mol. The SMILES string of the molecule is CC=C=C(CCNC)c1cccc2cn[nH]c12. The zero-order valence-corrected chi connectivity index (χ0v) is 10.2. The van der Waals surface area contributed by atoms with Crippen LogP contribution < -0.4 is 5.32 Å². The summed E-state index contributed by atoms with van der Waals surface area (Å²) in [6, 6.07) is 6.24. The highest BCUT2D eigenvalue weighted by atomic mass is 15.1. The average molecular weight is 227 g/mol. The van der Waals surface area contributed by atoms with Gasteiger partial charge in [-0.1, -0.05) is 18.2 Å². The summed E-state index contributed by atoms with van der Waals surface area (Å²) in [5.41, 5.74) is 6.80. The number of nitrogens with one attached hydrogen (secondary N) is 2. The lowest BCUT2D eigenvalue weighted by Crippen LogP contribution is -2.08. The minimum Gasteiger partial charge on any atom is -0.319 e. The molecule has 2 aromatic rings. The number of fused-ring (bicyclic) bond motifs is 1. The summed E-state index contributed by atoms with van der Waals surface area (Å²) in [6.45, 7) is 2.94. The minimum atomic E-state index is 0.945. The standard InChI is InChI=1S/C14H17N3/c1-3-5-11(8-9-15-2)13-7-4-6-12-10-16-17-14(12)13/h3-4,6-7,10,15H,8-9H2,1-2H3,(H,16,17). The number of hydrogen-bond donors (Lipinski definition) is 2. The van der Waals surface area contributed by atoms with E-state index in [-0.39, 0.29) is 0 Å². The highest BCUT2D eigenvalue weighted by molar-refractivity contribution is 5.90. The van der Waals surface area contributed by atoms with Crippen molar-refractivity contribution in [2.24, 2.45) is 0 Å². The van der Waals surface area contributed by atoms with E-state index in [1.807, 2.05) is 26.2 Å². The first-order valence-corrected chi connectivity index (χ1v) is 5.84. The number of aromatic amines is 1. The Morgan fingerprint density at radius 1 is 1.53 bits per heavy atom. The van der Waals surface area contributed by atoms with Crippen LogP contribution in [0.15, 0.2) is 36.2 Å². The van der Waals surface area contributed by atoms with Crippen LogP contribution >= 0.6 is 0 Å². The molecule has 0 unspecified atom stereocenters. The van der Waals surface area contributed by atoms with Crippen LogP contribution in [0.3, 0.4) is 0 Å².